The Morgan fingerprint density at radius 2 is 2.19 bits per heavy atom. The number of hydrogen-bond donors (Lipinski definition) is 2. The van der Waals surface area contributed by atoms with E-state index in [1.54, 1.807) is 12.1 Å². The average molecular weight is 219 g/mol. The lowest BCUT2D eigenvalue weighted by Gasteiger charge is -2.09. The van der Waals surface area contributed by atoms with Gasteiger partial charge in [0.05, 0.1) is 19.3 Å². The number of fused-ring (bicyclic) bond motifs is 1. The highest BCUT2D eigenvalue weighted by atomic mass is 16.3. The molecule has 0 bridgehead atoms. The molecule has 4 heteroatoms. The van der Waals surface area contributed by atoms with Gasteiger partial charge in [-0.3, -0.25) is 4.79 Å². The smallest absolute Gasteiger partial charge is 0.150 e. The summed E-state index contributed by atoms with van der Waals surface area (Å²) in [4.78, 5) is 10.7. The maximum Gasteiger partial charge on any atom is 0.150 e. The third kappa shape index (κ3) is 1.98. The van der Waals surface area contributed by atoms with Crippen molar-refractivity contribution in [2.24, 2.45) is 0 Å². The maximum absolute atomic E-state index is 10.7. The molecule has 2 aromatic rings. The number of benzene rings is 1. The molecule has 0 spiro atoms. The molecule has 0 saturated carbocycles. The zero-order chi connectivity index (χ0) is 11.5. The van der Waals surface area contributed by atoms with Crippen LogP contribution in [-0.4, -0.2) is 33.8 Å². The van der Waals surface area contributed by atoms with E-state index in [-0.39, 0.29) is 6.61 Å². The van der Waals surface area contributed by atoms with Crippen molar-refractivity contribution in [2.75, 3.05) is 6.61 Å². The summed E-state index contributed by atoms with van der Waals surface area (Å²) in [7, 11) is 0. The summed E-state index contributed by atoms with van der Waals surface area (Å²) in [6.07, 6.45) is 1.84. The van der Waals surface area contributed by atoms with Gasteiger partial charge in [-0.25, -0.2) is 0 Å². The maximum atomic E-state index is 10.7. The number of aromatic nitrogens is 1. The molecular weight excluding hydrogens is 206 g/mol. The SMILES string of the molecule is O=Cc1ccc2ccn(CC(O)CO)c2c1. The van der Waals surface area contributed by atoms with Gasteiger partial charge in [-0.2, -0.15) is 0 Å². The number of aliphatic hydroxyl groups is 2. The Morgan fingerprint density at radius 3 is 2.88 bits per heavy atom. The first-order valence-electron chi connectivity index (χ1n) is 5.07. The van der Waals surface area contributed by atoms with Crippen LogP contribution in [0.4, 0.5) is 0 Å². The molecule has 0 fully saturated rings. The second-order valence-electron chi connectivity index (χ2n) is 3.74. The van der Waals surface area contributed by atoms with Gasteiger partial charge in [0.2, 0.25) is 0 Å². The van der Waals surface area contributed by atoms with Crippen molar-refractivity contribution in [2.45, 2.75) is 12.6 Å². The minimum absolute atomic E-state index is 0.271. The molecule has 1 aromatic carbocycles. The molecule has 4 nitrogen and oxygen atoms in total. The van der Waals surface area contributed by atoms with Gasteiger partial charge in [0.15, 0.2) is 0 Å². The molecule has 0 aliphatic carbocycles. The molecule has 2 rings (SSSR count). The molecule has 1 unspecified atom stereocenters. The third-order valence-electron chi connectivity index (χ3n) is 2.55. The van der Waals surface area contributed by atoms with Gasteiger partial charge in [0.25, 0.3) is 0 Å². The van der Waals surface area contributed by atoms with Crippen molar-refractivity contribution >= 4 is 17.2 Å². The first-order valence-corrected chi connectivity index (χ1v) is 5.07. The van der Waals surface area contributed by atoms with Gasteiger partial charge in [-0.1, -0.05) is 12.1 Å². The van der Waals surface area contributed by atoms with Gasteiger partial charge < -0.3 is 14.8 Å². The van der Waals surface area contributed by atoms with Crippen molar-refractivity contribution in [3.8, 4) is 0 Å². The minimum Gasteiger partial charge on any atom is -0.394 e. The zero-order valence-electron chi connectivity index (χ0n) is 8.71. The minimum atomic E-state index is -0.782. The van der Waals surface area contributed by atoms with Crippen molar-refractivity contribution in [1.29, 1.82) is 0 Å². The van der Waals surface area contributed by atoms with Crippen LogP contribution in [0.3, 0.4) is 0 Å². The Kier molecular flexibility index (Phi) is 3.03. The van der Waals surface area contributed by atoms with Gasteiger partial charge in [0.1, 0.15) is 6.29 Å². The summed E-state index contributed by atoms with van der Waals surface area (Å²) >= 11 is 0. The van der Waals surface area contributed by atoms with E-state index >= 15 is 0 Å². The van der Waals surface area contributed by atoms with Crippen LogP contribution in [0.2, 0.25) is 0 Å². The Labute approximate surface area is 92.7 Å². The van der Waals surface area contributed by atoms with Crippen molar-refractivity contribution in [3.05, 3.63) is 36.0 Å². The molecule has 1 heterocycles. The van der Waals surface area contributed by atoms with Crippen molar-refractivity contribution in [1.82, 2.24) is 4.57 Å². The van der Waals surface area contributed by atoms with Crippen LogP contribution < -0.4 is 0 Å². The number of hydrogen-bond acceptors (Lipinski definition) is 3. The van der Waals surface area contributed by atoms with E-state index in [4.69, 9.17) is 5.11 Å². The lowest BCUT2D eigenvalue weighted by atomic mass is 10.2. The Balaban J connectivity index is 2.41. The fourth-order valence-corrected chi connectivity index (χ4v) is 1.72. The number of aldehydes is 1. The van der Waals surface area contributed by atoms with Crippen LogP contribution in [-0.2, 0) is 6.54 Å². The highest BCUT2D eigenvalue weighted by Crippen LogP contribution is 2.17. The van der Waals surface area contributed by atoms with Crippen molar-refractivity contribution in [3.63, 3.8) is 0 Å². The van der Waals surface area contributed by atoms with Crippen molar-refractivity contribution < 1.29 is 15.0 Å². The molecule has 84 valence electrons. The largest absolute Gasteiger partial charge is 0.394 e. The molecular formula is C12H13NO3. The predicted molar refractivity (Wildman–Crippen MR) is 60.4 cm³/mol. The topological polar surface area (TPSA) is 62.5 Å². The molecule has 0 aliphatic heterocycles. The molecule has 0 saturated heterocycles. The fourth-order valence-electron chi connectivity index (χ4n) is 1.72. The summed E-state index contributed by atoms with van der Waals surface area (Å²) in [5.74, 6) is 0. The van der Waals surface area contributed by atoms with Gasteiger partial charge in [0, 0.05) is 17.3 Å². The number of rotatable bonds is 4. The summed E-state index contributed by atoms with van der Waals surface area (Å²) < 4.78 is 1.82. The van der Waals surface area contributed by atoms with E-state index in [1.807, 2.05) is 22.9 Å². The predicted octanol–water partition coefficient (Wildman–Crippen LogP) is 0.807. The molecule has 1 atom stereocenters. The van der Waals surface area contributed by atoms with Crippen LogP contribution in [0.5, 0.6) is 0 Å². The summed E-state index contributed by atoms with van der Waals surface area (Å²) in [5.41, 5.74) is 1.49. The van der Waals surface area contributed by atoms with Crippen LogP contribution in [0.25, 0.3) is 10.9 Å². The van der Waals surface area contributed by atoms with E-state index in [1.165, 1.54) is 0 Å². The van der Waals surface area contributed by atoms with Crippen LogP contribution in [0.15, 0.2) is 30.5 Å². The highest BCUT2D eigenvalue weighted by Gasteiger charge is 2.06. The second-order valence-corrected chi connectivity index (χ2v) is 3.74. The summed E-state index contributed by atoms with van der Waals surface area (Å²) in [6.45, 7) is 0.0509. The zero-order valence-corrected chi connectivity index (χ0v) is 8.71. The third-order valence-corrected chi connectivity index (χ3v) is 2.55. The van der Waals surface area contributed by atoms with Gasteiger partial charge in [-0.05, 0) is 17.5 Å². The Hall–Kier alpha value is -1.65. The van der Waals surface area contributed by atoms with Crippen LogP contribution >= 0.6 is 0 Å². The summed E-state index contributed by atoms with van der Waals surface area (Å²) in [5, 5.41) is 19.2. The molecule has 1 aromatic heterocycles. The summed E-state index contributed by atoms with van der Waals surface area (Å²) in [6, 6.07) is 7.30. The van der Waals surface area contributed by atoms with Gasteiger partial charge >= 0.3 is 0 Å². The second kappa shape index (κ2) is 4.47. The van der Waals surface area contributed by atoms with E-state index in [0.29, 0.717) is 12.1 Å². The molecule has 0 aliphatic rings. The Bertz CT molecular complexity index is 504. The van der Waals surface area contributed by atoms with E-state index in [9.17, 15) is 9.90 Å². The Morgan fingerprint density at radius 1 is 1.38 bits per heavy atom. The molecule has 2 N–H and O–H groups in total. The number of nitrogens with zero attached hydrogens (tertiary/aromatic N) is 1. The van der Waals surface area contributed by atoms with E-state index in [0.717, 1.165) is 17.2 Å². The lowest BCUT2D eigenvalue weighted by Crippen LogP contribution is -2.19. The van der Waals surface area contributed by atoms with Crippen LogP contribution in [0, 0.1) is 0 Å². The average Bonchev–Trinajstić information content (AvgIpc) is 2.71. The number of carbonyl (C=O) groups is 1. The molecule has 0 amide bonds. The molecule has 16 heavy (non-hydrogen) atoms. The van der Waals surface area contributed by atoms with E-state index < -0.39 is 6.10 Å². The van der Waals surface area contributed by atoms with Crippen LogP contribution in [0.1, 0.15) is 10.4 Å². The fraction of sp³-hybridized carbons (Fsp3) is 0.250. The highest BCUT2D eigenvalue weighted by molar-refractivity contribution is 5.87. The standard InChI is InChI=1S/C12H13NO3/c14-7-9-1-2-10-3-4-13(12(10)5-9)6-11(16)8-15/h1-5,7,11,15-16H,6,8H2. The lowest BCUT2D eigenvalue weighted by molar-refractivity contribution is 0.0822. The quantitative estimate of drug-likeness (QED) is 0.748. The number of carbonyl (C=O) groups excluding carboxylic acids is 1. The first-order chi connectivity index (χ1) is 7.74. The van der Waals surface area contributed by atoms with E-state index in [2.05, 4.69) is 0 Å². The molecule has 0 radical (unpaired) electrons. The first kappa shape index (κ1) is 10.9. The monoisotopic (exact) mass is 219 g/mol. The number of aliphatic hydroxyl groups excluding tert-OH is 2. The normalized spacial score (nSPS) is 12.9. The van der Waals surface area contributed by atoms with Gasteiger partial charge in [-0.15, -0.1) is 0 Å².